The van der Waals surface area contributed by atoms with Crippen molar-refractivity contribution in [2.24, 2.45) is 0 Å². The van der Waals surface area contributed by atoms with Gasteiger partial charge < -0.3 is 10.6 Å². The number of hydrogen-bond donors (Lipinski definition) is 2. The highest BCUT2D eigenvalue weighted by molar-refractivity contribution is 6.32. The van der Waals surface area contributed by atoms with Gasteiger partial charge in [0.05, 0.1) is 10.6 Å². The molecule has 0 bridgehead atoms. The van der Waals surface area contributed by atoms with Gasteiger partial charge in [-0.1, -0.05) is 18.5 Å². The number of amides is 1. The van der Waals surface area contributed by atoms with Crippen molar-refractivity contribution >= 4 is 23.3 Å². The second kappa shape index (κ2) is 7.49. The molecule has 1 aromatic heterocycles. The van der Waals surface area contributed by atoms with Gasteiger partial charge >= 0.3 is 6.18 Å². The van der Waals surface area contributed by atoms with Crippen molar-refractivity contribution < 1.29 is 18.0 Å². The molecule has 1 atom stereocenters. The van der Waals surface area contributed by atoms with Crippen molar-refractivity contribution in [3.05, 3.63) is 22.8 Å². The van der Waals surface area contributed by atoms with Crippen molar-refractivity contribution in [2.75, 3.05) is 11.9 Å². The van der Waals surface area contributed by atoms with Crippen LogP contribution in [0.25, 0.3) is 0 Å². The zero-order valence-electron chi connectivity index (χ0n) is 11.7. The molecule has 4 nitrogen and oxygen atoms in total. The summed E-state index contributed by atoms with van der Waals surface area (Å²) in [6, 6.07) is 0.890. The lowest BCUT2D eigenvalue weighted by molar-refractivity contribution is -0.137. The van der Waals surface area contributed by atoms with Gasteiger partial charge in [0.1, 0.15) is 5.82 Å². The summed E-state index contributed by atoms with van der Waals surface area (Å²) in [6.45, 7) is 4.08. The molecule has 21 heavy (non-hydrogen) atoms. The highest BCUT2D eigenvalue weighted by Crippen LogP contribution is 2.32. The highest BCUT2D eigenvalue weighted by Gasteiger charge is 2.31. The predicted molar refractivity (Wildman–Crippen MR) is 75.3 cm³/mol. The molecule has 2 N–H and O–H groups in total. The second-order valence-corrected chi connectivity index (χ2v) is 5.01. The normalized spacial score (nSPS) is 12.9. The van der Waals surface area contributed by atoms with E-state index in [-0.39, 0.29) is 35.8 Å². The Bertz CT molecular complexity index is 494. The summed E-state index contributed by atoms with van der Waals surface area (Å²) in [5.41, 5.74) is -0.910. The fourth-order valence-corrected chi connectivity index (χ4v) is 1.70. The number of aromatic nitrogens is 1. The van der Waals surface area contributed by atoms with Crippen molar-refractivity contribution in [3.63, 3.8) is 0 Å². The first-order chi connectivity index (χ1) is 9.74. The van der Waals surface area contributed by atoms with E-state index in [9.17, 15) is 18.0 Å². The lowest BCUT2D eigenvalue weighted by Crippen LogP contribution is -2.33. The summed E-state index contributed by atoms with van der Waals surface area (Å²) in [4.78, 5) is 15.1. The van der Waals surface area contributed by atoms with Gasteiger partial charge in [-0.2, -0.15) is 13.2 Å². The van der Waals surface area contributed by atoms with Crippen LogP contribution < -0.4 is 10.6 Å². The maximum absolute atomic E-state index is 12.4. The summed E-state index contributed by atoms with van der Waals surface area (Å²) in [6.07, 6.45) is -2.77. The maximum Gasteiger partial charge on any atom is 0.417 e. The first-order valence-electron chi connectivity index (χ1n) is 6.50. The molecule has 0 aromatic carbocycles. The molecule has 0 radical (unpaired) electrons. The minimum atomic E-state index is -4.48. The Morgan fingerprint density at radius 3 is 2.67 bits per heavy atom. The molecule has 118 valence electrons. The van der Waals surface area contributed by atoms with Crippen LogP contribution in [0.1, 0.15) is 32.3 Å². The predicted octanol–water partition coefficient (Wildman–Crippen LogP) is 3.47. The monoisotopic (exact) mass is 323 g/mol. The van der Waals surface area contributed by atoms with E-state index in [4.69, 9.17) is 11.6 Å². The number of carbonyl (C=O) groups excluding carboxylic acids is 1. The number of rotatable bonds is 6. The Balaban J connectivity index is 2.51. The van der Waals surface area contributed by atoms with Crippen molar-refractivity contribution in [1.29, 1.82) is 0 Å². The van der Waals surface area contributed by atoms with Crippen LogP contribution in [0, 0.1) is 0 Å². The van der Waals surface area contributed by atoms with Crippen LogP contribution in [0.3, 0.4) is 0 Å². The van der Waals surface area contributed by atoms with Crippen molar-refractivity contribution in [3.8, 4) is 0 Å². The van der Waals surface area contributed by atoms with Crippen LogP contribution >= 0.6 is 11.6 Å². The third kappa shape index (κ3) is 5.79. The summed E-state index contributed by atoms with van der Waals surface area (Å²) in [5, 5.41) is 5.39. The Kier molecular flexibility index (Phi) is 6.26. The number of halogens is 4. The van der Waals surface area contributed by atoms with Gasteiger partial charge in [0.25, 0.3) is 0 Å². The van der Waals surface area contributed by atoms with E-state index < -0.39 is 11.7 Å². The fourth-order valence-electron chi connectivity index (χ4n) is 1.47. The standard InChI is InChI=1S/C13H17ClF3N3O/c1-3-8(2)20-11(21)4-5-18-12-10(14)6-9(7-19-12)13(15,16)17/h6-8H,3-5H2,1-2H3,(H,18,19)(H,20,21). The molecule has 1 aromatic rings. The average molecular weight is 324 g/mol. The van der Waals surface area contributed by atoms with Crippen LogP contribution in [0.5, 0.6) is 0 Å². The van der Waals surface area contributed by atoms with Gasteiger partial charge in [-0.25, -0.2) is 4.98 Å². The van der Waals surface area contributed by atoms with E-state index in [2.05, 4.69) is 15.6 Å². The van der Waals surface area contributed by atoms with E-state index >= 15 is 0 Å². The first-order valence-corrected chi connectivity index (χ1v) is 6.87. The molecule has 1 unspecified atom stereocenters. The first kappa shape index (κ1) is 17.6. The van der Waals surface area contributed by atoms with E-state index in [1.54, 1.807) is 0 Å². The molecule has 0 aliphatic rings. The smallest absolute Gasteiger partial charge is 0.368 e. The fraction of sp³-hybridized carbons (Fsp3) is 0.538. The van der Waals surface area contributed by atoms with E-state index in [0.717, 1.165) is 12.5 Å². The minimum absolute atomic E-state index is 0.0882. The average Bonchev–Trinajstić information content (AvgIpc) is 2.39. The molecule has 1 heterocycles. The molecule has 0 saturated carbocycles. The van der Waals surface area contributed by atoms with E-state index in [0.29, 0.717) is 6.20 Å². The molecular formula is C13H17ClF3N3O. The molecular weight excluding hydrogens is 307 g/mol. The number of anilines is 1. The Morgan fingerprint density at radius 1 is 1.48 bits per heavy atom. The number of alkyl halides is 3. The third-order valence-corrected chi connectivity index (χ3v) is 3.12. The van der Waals surface area contributed by atoms with Crippen LogP contribution in [-0.2, 0) is 11.0 Å². The molecule has 8 heteroatoms. The summed E-state index contributed by atoms with van der Waals surface area (Å²) in [5.74, 6) is -0.0131. The molecule has 1 amide bonds. The molecule has 1 rings (SSSR count). The van der Waals surface area contributed by atoms with E-state index in [1.807, 2.05) is 13.8 Å². The quantitative estimate of drug-likeness (QED) is 0.843. The topological polar surface area (TPSA) is 54.0 Å². The zero-order valence-corrected chi connectivity index (χ0v) is 12.5. The number of nitrogens with one attached hydrogen (secondary N) is 2. The number of nitrogens with zero attached hydrogens (tertiary/aromatic N) is 1. The minimum Gasteiger partial charge on any atom is -0.368 e. The van der Waals surface area contributed by atoms with Gasteiger partial charge in [-0.3, -0.25) is 4.79 Å². The maximum atomic E-state index is 12.4. The number of pyridine rings is 1. The molecule has 0 spiro atoms. The lowest BCUT2D eigenvalue weighted by Gasteiger charge is -2.13. The van der Waals surface area contributed by atoms with Gasteiger partial charge in [-0.15, -0.1) is 0 Å². The summed E-state index contributed by atoms with van der Waals surface area (Å²) < 4.78 is 37.3. The van der Waals surface area contributed by atoms with Gasteiger partial charge in [-0.05, 0) is 19.4 Å². The zero-order chi connectivity index (χ0) is 16.0. The summed E-state index contributed by atoms with van der Waals surface area (Å²) in [7, 11) is 0. The van der Waals surface area contributed by atoms with Gasteiger partial charge in [0, 0.05) is 25.2 Å². The van der Waals surface area contributed by atoms with Gasteiger partial charge in [0.2, 0.25) is 5.91 Å². The van der Waals surface area contributed by atoms with Crippen LogP contribution in [0.4, 0.5) is 19.0 Å². The molecule has 0 aliphatic carbocycles. The highest BCUT2D eigenvalue weighted by atomic mass is 35.5. The number of hydrogen-bond acceptors (Lipinski definition) is 3. The SMILES string of the molecule is CCC(C)NC(=O)CCNc1ncc(C(F)(F)F)cc1Cl. The van der Waals surface area contributed by atoms with Crippen LogP contribution in [0.15, 0.2) is 12.3 Å². The lowest BCUT2D eigenvalue weighted by atomic mass is 10.2. The second-order valence-electron chi connectivity index (χ2n) is 4.61. The number of carbonyl (C=O) groups is 1. The Hall–Kier alpha value is -1.50. The Labute approximate surface area is 126 Å². The van der Waals surface area contributed by atoms with Crippen LogP contribution in [-0.4, -0.2) is 23.5 Å². The molecule has 0 saturated heterocycles. The van der Waals surface area contributed by atoms with Crippen LogP contribution in [0.2, 0.25) is 5.02 Å². The third-order valence-electron chi connectivity index (χ3n) is 2.83. The van der Waals surface area contributed by atoms with Gasteiger partial charge in [0.15, 0.2) is 0 Å². The molecule has 0 aliphatic heterocycles. The van der Waals surface area contributed by atoms with Crippen molar-refractivity contribution in [2.45, 2.75) is 38.9 Å². The Morgan fingerprint density at radius 2 is 2.14 bits per heavy atom. The largest absolute Gasteiger partial charge is 0.417 e. The molecule has 0 fully saturated rings. The van der Waals surface area contributed by atoms with Crippen molar-refractivity contribution in [1.82, 2.24) is 10.3 Å². The summed E-state index contributed by atoms with van der Waals surface area (Å²) >= 11 is 5.73. The van der Waals surface area contributed by atoms with E-state index in [1.165, 1.54) is 0 Å².